The second kappa shape index (κ2) is 4.27. The van der Waals surface area contributed by atoms with Crippen molar-refractivity contribution < 1.29 is 8.42 Å². The first-order chi connectivity index (χ1) is 8.04. The second-order valence-electron chi connectivity index (χ2n) is 3.47. The maximum absolute atomic E-state index is 11.6. The van der Waals surface area contributed by atoms with Gasteiger partial charge in [-0.1, -0.05) is 6.92 Å². The largest absolute Gasteiger partial charge is 0.345 e. The molecule has 0 aliphatic heterocycles. The molecule has 0 radical (unpaired) electrons. The molecule has 0 saturated heterocycles. The highest BCUT2D eigenvalue weighted by Crippen LogP contribution is 2.25. The van der Waals surface area contributed by atoms with Crippen LogP contribution in [0.4, 0.5) is 0 Å². The molecule has 0 aliphatic rings. The zero-order valence-electron chi connectivity index (χ0n) is 9.21. The molecule has 0 aromatic carbocycles. The van der Waals surface area contributed by atoms with Crippen LogP contribution >= 0.6 is 0 Å². The molecule has 0 amide bonds. The van der Waals surface area contributed by atoms with E-state index in [9.17, 15) is 8.42 Å². The van der Waals surface area contributed by atoms with Crippen molar-refractivity contribution in [3.8, 4) is 11.4 Å². The number of aromatic nitrogens is 3. The number of primary sulfonamides is 1. The molecular weight excluding hydrogens is 240 g/mol. The smallest absolute Gasteiger partial charge is 0.240 e. The van der Waals surface area contributed by atoms with Gasteiger partial charge >= 0.3 is 0 Å². The van der Waals surface area contributed by atoms with E-state index in [-0.39, 0.29) is 4.90 Å². The number of rotatable bonds is 3. The van der Waals surface area contributed by atoms with E-state index >= 15 is 0 Å². The van der Waals surface area contributed by atoms with Crippen LogP contribution in [0.1, 0.15) is 12.6 Å². The average Bonchev–Trinajstić information content (AvgIpc) is 2.80. The fourth-order valence-corrected chi connectivity index (χ4v) is 2.66. The third-order valence-electron chi connectivity index (χ3n) is 2.35. The van der Waals surface area contributed by atoms with Gasteiger partial charge in [0.05, 0.1) is 5.69 Å². The number of H-pyrrole nitrogens is 1. The molecule has 0 saturated carbocycles. The van der Waals surface area contributed by atoms with E-state index in [1.165, 1.54) is 0 Å². The van der Waals surface area contributed by atoms with Crippen LogP contribution in [0.2, 0.25) is 0 Å². The number of pyridine rings is 1. The Labute approximate surface area is 99.0 Å². The third-order valence-corrected chi connectivity index (χ3v) is 3.38. The second-order valence-corrected chi connectivity index (χ2v) is 4.97. The van der Waals surface area contributed by atoms with Crippen molar-refractivity contribution in [1.29, 1.82) is 0 Å². The van der Waals surface area contributed by atoms with Gasteiger partial charge in [0.25, 0.3) is 0 Å². The molecule has 0 atom stereocenters. The van der Waals surface area contributed by atoms with Gasteiger partial charge in [-0.25, -0.2) is 18.5 Å². The van der Waals surface area contributed by atoms with Crippen LogP contribution in [0.3, 0.4) is 0 Å². The number of hydrogen-bond acceptors (Lipinski definition) is 4. The van der Waals surface area contributed by atoms with Crippen molar-refractivity contribution in [1.82, 2.24) is 15.0 Å². The summed E-state index contributed by atoms with van der Waals surface area (Å²) in [7, 11) is -3.82. The summed E-state index contributed by atoms with van der Waals surface area (Å²) in [6.07, 6.45) is 5.20. The van der Waals surface area contributed by atoms with Crippen LogP contribution in [-0.4, -0.2) is 23.4 Å². The topological polar surface area (TPSA) is 102 Å². The maximum Gasteiger partial charge on any atom is 0.240 e. The molecule has 2 aromatic rings. The zero-order chi connectivity index (χ0) is 12.5. The van der Waals surface area contributed by atoms with E-state index in [0.717, 1.165) is 0 Å². The van der Waals surface area contributed by atoms with Crippen LogP contribution in [0.15, 0.2) is 29.6 Å². The lowest BCUT2D eigenvalue weighted by Crippen LogP contribution is -2.17. The number of aryl methyl sites for hydroxylation is 1. The molecule has 0 unspecified atom stereocenters. The van der Waals surface area contributed by atoms with Gasteiger partial charge in [-0.15, -0.1) is 0 Å². The number of aromatic amines is 1. The Morgan fingerprint density at radius 3 is 2.65 bits per heavy atom. The summed E-state index contributed by atoms with van der Waals surface area (Å²) in [6.45, 7) is 1.82. The van der Waals surface area contributed by atoms with Crippen LogP contribution in [0.25, 0.3) is 11.4 Å². The van der Waals surface area contributed by atoms with Gasteiger partial charge in [-0.3, -0.25) is 4.98 Å². The Balaban J connectivity index is 2.77. The lowest BCUT2D eigenvalue weighted by molar-refractivity contribution is 0.596. The number of nitrogens with one attached hydrogen (secondary N) is 1. The van der Waals surface area contributed by atoms with Crippen molar-refractivity contribution >= 4 is 10.0 Å². The summed E-state index contributed by atoms with van der Waals surface area (Å²) in [5, 5.41) is 5.23. The summed E-state index contributed by atoms with van der Waals surface area (Å²) in [5.41, 5.74) is 0.894. The highest BCUT2D eigenvalue weighted by atomic mass is 32.2. The van der Waals surface area contributed by atoms with Crippen LogP contribution in [0.5, 0.6) is 0 Å². The Morgan fingerprint density at radius 1 is 1.35 bits per heavy atom. The Morgan fingerprint density at radius 2 is 2.12 bits per heavy atom. The van der Waals surface area contributed by atoms with Gasteiger partial charge in [0, 0.05) is 24.2 Å². The Bertz CT molecular complexity index is 620. The van der Waals surface area contributed by atoms with E-state index in [0.29, 0.717) is 23.5 Å². The Hall–Kier alpha value is -1.73. The molecule has 90 valence electrons. The van der Waals surface area contributed by atoms with Crippen molar-refractivity contribution in [2.45, 2.75) is 18.2 Å². The molecule has 2 rings (SSSR count). The van der Waals surface area contributed by atoms with E-state index < -0.39 is 10.0 Å². The van der Waals surface area contributed by atoms with Gasteiger partial charge in [0.2, 0.25) is 10.0 Å². The predicted molar refractivity (Wildman–Crippen MR) is 62.6 cm³/mol. The van der Waals surface area contributed by atoms with E-state index in [1.54, 1.807) is 24.7 Å². The molecule has 3 N–H and O–H groups in total. The lowest BCUT2D eigenvalue weighted by atomic mass is 10.2. The first-order valence-electron chi connectivity index (χ1n) is 5.04. The number of imidazole rings is 1. The van der Waals surface area contributed by atoms with Gasteiger partial charge < -0.3 is 4.98 Å². The SMILES string of the molecule is CCc1nccc(-c2ncc[nH]2)c1S(N)(=O)=O. The number of sulfonamides is 1. The molecule has 2 heterocycles. The standard InChI is InChI=1S/C10H12N4O2S/c1-2-8-9(17(11,15)16)7(3-4-12-8)10-13-5-6-14-10/h3-6H,2H2,1H3,(H,13,14)(H2,11,15,16). The molecule has 0 fully saturated rings. The monoisotopic (exact) mass is 252 g/mol. The van der Waals surface area contributed by atoms with Gasteiger partial charge in [-0.05, 0) is 12.5 Å². The van der Waals surface area contributed by atoms with Crippen molar-refractivity contribution in [3.63, 3.8) is 0 Å². The third kappa shape index (κ3) is 2.20. The van der Waals surface area contributed by atoms with Crippen molar-refractivity contribution in [2.75, 3.05) is 0 Å². The van der Waals surface area contributed by atoms with Crippen LogP contribution in [-0.2, 0) is 16.4 Å². The van der Waals surface area contributed by atoms with Crippen LogP contribution < -0.4 is 5.14 Å². The minimum absolute atomic E-state index is 0.0393. The molecule has 0 spiro atoms. The minimum atomic E-state index is -3.82. The first kappa shape index (κ1) is 11.7. The van der Waals surface area contributed by atoms with E-state index in [1.807, 2.05) is 6.92 Å². The molecule has 2 aromatic heterocycles. The summed E-state index contributed by atoms with van der Waals surface area (Å²) in [4.78, 5) is 11.0. The fraction of sp³-hybridized carbons (Fsp3) is 0.200. The van der Waals surface area contributed by atoms with Gasteiger partial charge in [-0.2, -0.15) is 0 Å². The number of nitrogens with zero attached hydrogens (tertiary/aromatic N) is 2. The number of hydrogen-bond donors (Lipinski definition) is 2. The van der Waals surface area contributed by atoms with Gasteiger partial charge in [0.1, 0.15) is 10.7 Å². The lowest BCUT2D eigenvalue weighted by Gasteiger charge is -2.09. The summed E-state index contributed by atoms with van der Waals surface area (Å²) in [6, 6.07) is 1.58. The molecule has 6 nitrogen and oxygen atoms in total. The van der Waals surface area contributed by atoms with Crippen molar-refractivity contribution in [3.05, 3.63) is 30.4 Å². The molecule has 0 aliphatic carbocycles. The maximum atomic E-state index is 11.6. The molecule has 17 heavy (non-hydrogen) atoms. The van der Waals surface area contributed by atoms with E-state index in [2.05, 4.69) is 15.0 Å². The fourth-order valence-electron chi connectivity index (χ4n) is 1.66. The predicted octanol–water partition coefficient (Wildman–Crippen LogP) is 0.682. The average molecular weight is 252 g/mol. The summed E-state index contributed by atoms with van der Waals surface area (Å²) >= 11 is 0. The quantitative estimate of drug-likeness (QED) is 0.838. The van der Waals surface area contributed by atoms with Gasteiger partial charge in [0.15, 0.2) is 0 Å². The highest BCUT2D eigenvalue weighted by molar-refractivity contribution is 7.89. The minimum Gasteiger partial charge on any atom is -0.345 e. The molecular formula is C10H12N4O2S. The van der Waals surface area contributed by atoms with Crippen LogP contribution in [0, 0.1) is 0 Å². The Kier molecular flexibility index (Phi) is 2.95. The van der Waals surface area contributed by atoms with E-state index in [4.69, 9.17) is 5.14 Å². The summed E-state index contributed by atoms with van der Waals surface area (Å²) in [5.74, 6) is 0.464. The highest BCUT2D eigenvalue weighted by Gasteiger charge is 2.21. The zero-order valence-corrected chi connectivity index (χ0v) is 10.0. The number of nitrogens with two attached hydrogens (primary N) is 1. The molecule has 7 heteroatoms. The summed E-state index contributed by atoms with van der Waals surface area (Å²) < 4.78 is 23.2. The normalized spacial score (nSPS) is 11.6. The van der Waals surface area contributed by atoms with Crippen molar-refractivity contribution in [2.24, 2.45) is 5.14 Å². The molecule has 0 bridgehead atoms. The first-order valence-corrected chi connectivity index (χ1v) is 6.59.